The summed E-state index contributed by atoms with van der Waals surface area (Å²) in [6, 6.07) is 15.9. The molecule has 0 aromatic heterocycles. The van der Waals surface area contributed by atoms with Crippen LogP contribution >= 0.6 is 27.5 Å². The molecule has 0 radical (unpaired) electrons. The number of nitrogens with one attached hydrogen (secondary N) is 1. The van der Waals surface area contributed by atoms with Crippen LogP contribution in [0, 0.1) is 0 Å². The van der Waals surface area contributed by atoms with Crippen LogP contribution in [0.25, 0.3) is 0 Å². The molecule has 3 N–H and O–H groups in total. The summed E-state index contributed by atoms with van der Waals surface area (Å²) in [6.07, 6.45) is 0. The van der Waals surface area contributed by atoms with E-state index in [0.717, 1.165) is 20.6 Å². The van der Waals surface area contributed by atoms with Crippen LogP contribution in [0.2, 0.25) is 5.02 Å². The highest BCUT2D eigenvalue weighted by molar-refractivity contribution is 9.10. The number of hydrogen-bond acceptors (Lipinski definition) is 1. The lowest BCUT2D eigenvalue weighted by Gasteiger charge is -2.15. The number of carbonyl (C=O) groups is 1. The average Bonchev–Trinajstić information content (AvgIpc) is 2.54. The summed E-state index contributed by atoms with van der Waals surface area (Å²) in [5, 5.41) is 5.77. The normalized spacial score (nSPS) is 13.4. The van der Waals surface area contributed by atoms with Gasteiger partial charge in [0.05, 0.1) is 6.04 Å². The SMILES string of the molecule is C[C@H]([NH2+]CC(=O)N[C@H](C)c1ccc(Br)cc1)c1ccc(Cl)cc1. The Morgan fingerprint density at radius 1 is 1.09 bits per heavy atom. The summed E-state index contributed by atoms with van der Waals surface area (Å²) in [5.41, 5.74) is 2.25. The van der Waals surface area contributed by atoms with Crippen molar-refractivity contribution in [3.8, 4) is 0 Å². The van der Waals surface area contributed by atoms with Crippen molar-refractivity contribution in [1.29, 1.82) is 0 Å². The minimum Gasteiger partial charge on any atom is -0.345 e. The van der Waals surface area contributed by atoms with Crippen molar-refractivity contribution in [2.24, 2.45) is 0 Å². The second kappa shape index (κ2) is 8.48. The van der Waals surface area contributed by atoms with Crippen LogP contribution in [0.5, 0.6) is 0 Å². The molecular weight excluding hydrogens is 376 g/mol. The van der Waals surface area contributed by atoms with Crippen molar-refractivity contribution in [2.45, 2.75) is 25.9 Å². The van der Waals surface area contributed by atoms with Crippen molar-refractivity contribution < 1.29 is 10.1 Å². The topological polar surface area (TPSA) is 45.7 Å². The third-order valence-corrected chi connectivity index (χ3v) is 4.58. The molecule has 0 fully saturated rings. The van der Waals surface area contributed by atoms with E-state index in [1.54, 1.807) is 0 Å². The van der Waals surface area contributed by atoms with Gasteiger partial charge in [0.2, 0.25) is 0 Å². The summed E-state index contributed by atoms with van der Waals surface area (Å²) < 4.78 is 1.03. The fourth-order valence-electron chi connectivity index (χ4n) is 2.32. The van der Waals surface area contributed by atoms with Gasteiger partial charge in [0.15, 0.2) is 6.54 Å². The molecule has 2 atom stereocenters. The highest BCUT2D eigenvalue weighted by Crippen LogP contribution is 2.16. The van der Waals surface area contributed by atoms with Gasteiger partial charge in [0.1, 0.15) is 6.04 Å². The molecule has 0 aliphatic heterocycles. The van der Waals surface area contributed by atoms with Crippen LogP contribution in [-0.4, -0.2) is 12.5 Å². The van der Waals surface area contributed by atoms with Gasteiger partial charge in [0.25, 0.3) is 5.91 Å². The molecule has 2 aromatic rings. The predicted octanol–water partition coefficient (Wildman–Crippen LogP) is 3.60. The van der Waals surface area contributed by atoms with Gasteiger partial charge in [-0.3, -0.25) is 4.79 Å². The van der Waals surface area contributed by atoms with Crippen molar-refractivity contribution in [3.05, 3.63) is 69.2 Å². The highest BCUT2D eigenvalue weighted by Gasteiger charge is 2.14. The second-order valence-electron chi connectivity index (χ2n) is 5.62. The van der Waals surface area contributed by atoms with Crippen molar-refractivity contribution in [1.82, 2.24) is 5.32 Å². The summed E-state index contributed by atoms with van der Waals surface area (Å²) in [6.45, 7) is 4.46. The minimum absolute atomic E-state index is 0.00478. The van der Waals surface area contributed by atoms with Gasteiger partial charge in [-0.15, -0.1) is 0 Å². The minimum atomic E-state index is -0.00478. The van der Waals surface area contributed by atoms with Gasteiger partial charge in [-0.25, -0.2) is 0 Å². The average molecular weight is 397 g/mol. The molecule has 1 amide bonds. The number of carbonyl (C=O) groups excluding carboxylic acids is 1. The molecule has 0 heterocycles. The van der Waals surface area contributed by atoms with Gasteiger partial charge in [-0.2, -0.15) is 0 Å². The predicted molar refractivity (Wildman–Crippen MR) is 97.4 cm³/mol. The van der Waals surface area contributed by atoms with Crippen molar-refractivity contribution in [2.75, 3.05) is 6.54 Å². The number of halogens is 2. The third-order valence-electron chi connectivity index (χ3n) is 3.80. The van der Waals surface area contributed by atoms with E-state index in [9.17, 15) is 4.79 Å². The van der Waals surface area contributed by atoms with Gasteiger partial charge in [-0.05, 0) is 43.7 Å². The molecule has 23 heavy (non-hydrogen) atoms. The third kappa shape index (κ3) is 5.65. The molecule has 0 spiro atoms. The number of quaternary nitrogens is 1. The quantitative estimate of drug-likeness (QED) is 0.770. The smallest absolute Gasteiger partial charge is 0.275 e. The standard InChI is InChI=1S/C18H20BrClN2O/c1-12(14-5-9-17(20)10-6-14)21-11-18(23)22-13(2)15-3-7-16(19)8-4-15/h3-10,12-13,21H,11H2,1-2H3,(H,22,23)/p+1/t12-,13+/m0/s1. The molecule has 0 aliphatic rings. The van der Waals surface area contributed by atoms with Gasteiger partial charge in [-0.1, -0.05) is 51.8 Å². The maximum atomic E-state index is 12.1. The maximum Gasteiger partial charge on any atom is 0.275 e. The van der Waals surface area contributed by atoms with Crippen LogP contribution in [-0.2, 0) is 4.79 Å². The second-order valence-corrected chi connectivity index (χ2v) is 6.97. The van der Waals surface area contributed by atoms with Crippen molar-refractivity contribution >= 4 is 33.4 Å². The van der Waals surface area contributed by atoms with Gasteiger partial charge in [0, 0.05) is 15.1 Å². The number of rotatable bonds is 6. The van der Waals surface area contributed by atoms with Crippen LogP contribution in [0.15, 0.2) is 53.0 Å². The molecule has 0 unspecified atom stereocenters. The Bertz CT molecular complexity index is 643. The fraction of sp³-hybridized carbons (Fsp3) is 0.278. The number of amides is 1. The summed E-state index contributed by atoms with van der Waals surface area (Å²) >= 11 is 9.30. The Hall–Kier alpha value is -1.36. The Morgan fingerprint density at radius 2 is 1.65 bits per heavy atom. The van der Waals surface area contributed by atoms with E-state index in [4.69, 9.17) is 11.6 Å². The first-order valence-electron chi connectivity index (χ1n) is 7.59. The molecule has 5 heteroatoms. The molecule has 2 rings (SSSR count). The molecule has 0 aliphatic carbocycles. The largest absolute Gasteiger partial charge is 0.345 e. The number of hydrogen-bond donors (Lipinski definition) is 2. The van der Waals surface area contributed by atoms with E-state index in [-0.39, 0.29) is 18.0 Å². The Labute approximate surface area is 150 Å². The summed E-state index contributed by atoms with van der Waals surface area (Å²) in [5.74, 6) is 0.0289. The molecule has 3 nitrogen and oxygen atoms in total. The van der Waals surface area contributed by atoms with E-state index in [2.05, 4.69) is 28.2 Å². The van der Waals surface area contributed by atoms with Gasteiger partial charge < -0.3 is 10.6 Å². The fourth-order valence-corrected chi connectivity index (χ4v) is 2.71. The van der Waals surface area contributed by atoms with Crippen LogP contribution in [0.3, 0.4) is 0 Å². The Morgan fingerprint density at radius 3 is 2.26 bits per heavy atom. The van der Waals surface area contributed by atoms with E-state index < -0.39 is 0 Å². The monoisotopic (exact) mass is 395 g/mol. The van der Waals surface area contributed by atoms with E-state index in [0.29, 0.717) is 6.54 Å². The van der Waals surface area contributed by atoms with Crippen LogP contribution in [0.4, 0.5) is 0 Å². The lowest BCUT2D eigenvalue weighted by atomic mass is 10.1. The lowest BCUT2D eigenvalue weighted by molar-refractivity contribution is -0.682. The first-order chi connectivity index (χ1) is 11.0. The molecule has 0 saturated carbocycles. The van der Waals surface area contributed by atoms with Crippen molar-refractivity contribution in [3.63, 3.8) is 0 Å². The Balaban J connectivity index is 1.82. The van der Waals surface area contributed by atoms with Gasteiger partial charge >= 0.3 is 0 Å². The number of nitrogens with two attached hydrogens (primary N) is 1. The van der Waals surface area contributed by atoms with E-state index in [1.807, 2.05) is 60.8 Å². The van der Waals surface area contributed by atoms with E-state index in [1.165, 1.54) is 0 Å². The zero-order chi connectivity index (χ0) is 16.8. The van der Waals surface area contributed by atoms with Crippen LogP contribution in [0.1, 0.15) is 37.1 Å². The zero-order valence-electron chi connectivity index (χ0n) is 13.2. The molecular formula is C18H21BrClN2O+. The summed E-state index contributed by atoms with van der Waals surface area (Å²) in [4.78, 5) is 12.1. The Kier molecular flexibility index (Phi) is 6.63. The number of benzene rings is 2. The molecule has 0 bridgehead atoms. The van der Waals surface area contributed by atoms with E-state index >= 15 is 0 Å². The van der Waals surface area contributed by atoms with Crippen LogP contribution < -0.4 is 10.6 Å². The zero-order valence-corrected chi connectivity index (χ0v) is 15.6. The molecule has 122 valence electrons. The maximum absolute atomic E-state index is 12.1. The lowest BCUT2D eigenvalue weighted by Crippen LogP contribution is -2.87. The molecule has 0 saturated heterocycles. The molecule has 2 aromatic carbocycles. The first-order valence-corrected chi connectivity index (χ1v) is 8.76. The first kappa shape index (κ1) is 18.0. The summed E-state index contributed by atoms with van der Waals surface area (Å²) in [7, 11) is 0. The highest BCUT2D eigenvalue weighted by atomic mass is 79.9.